The molecule has 0 heterocycles. The van der Waals surface area contributed by atoms with Gasteiger partial charge in [0.25, 0.3) is 5.91 Å². The van der Waals surface area contributed by atoms with Gasteiger partial charge >= 0.3 is 0 Å². The Bertz CT molecular complexity index is 410. The Balaban J connectivity index is 2.26. The van der Waals surface area contributed by atoms with Crippen LogP contribution >= 0.6 is 15.9 Å². The molecule has 1 fully saturated rings. The van der Waals surface area contributed by atoms with Crippen LogP contribution in [0.1, 0.15) is 34.3 Å². The number of rotatable bonds is 2. The molecule has 1 aliphatic carbocycles. The second-order valence-electron chi connectivity index (χ2n) is 4.09. The van der Waals surface area contributed by atoms with Gasteiger partial charge in [-0.1, -0.05) is 15.9 Å². The first-order chi connectivity index (χ1) is 7.09. The monoisotopic (exact) mass is 267 g/mol. The molecular formula is C12H14BrNO. The molecule has 0 aliphatic heterocycles. The zero-order valence-electron chi connectivity index (χ0n) is 8.93. The lowest BCUT2D eigenvalue weighted by Gasteiger charge is -2.10. The molecule has 0 unspecified atom stereocenters. The fraction of sp³-hybridized carbons (Fsp3) is 0.417. The second-order valence-corrected chi connectivity index (χ2v) is 4.95. The third kappa shape index (κ3) is 2.23. The van der Waals surface area contributed by atoms with Crippen LogP contribution in [-0.2, 0) is 0 Å². The SMILES string of the molecule is Cc1c(Br)ccc(C(=O)NC2CC2)c1C. The van der Waals surface area contributed by atoms with Crippen LogP contribution in [0.25, 0.3) is 0 Å². The van der Waals surface area contributed by atoms with Gasteiger partial charge in [-0.05, 0) is 49.9 Å². The van der Waals surface area contributed by atoms with Crippen molar-refractivity contribution in [3.63, 3.8) is 0 Å². The maximum absolute atomic E-state index is 11.9. The number of carbonyl (C=O) groups excluding carboxylic acids is 1. The number of nitrogens with one attached hydrogen (secondary N) is 1. The van der Waals surface area contributed by atoms with Gasteiger partial charge in [0.2, 0.25) is 0 Å². The molecule has 15 heavy (non-hydrogen) atoms. The normalized spacial score (nSPS) is 15.1. The van der Waals surface area contributed by atoms with Crippen molar-refractivity contribution in [3.05, 3.63) is 33.3 Å². The van der Waals surface area contributed by atoms with Gasteiger partial charge in [0, 0.05) is 16.1 Å². The summed E-state index contributed by atoms with van der Waals surface area (Å²) >= 11 is 3.46. The molecule has 0 aromatic heterocycles. The molecule has 2 nitrogen and oxygen atoms in total. The third-order valence-corrected chi connectivity index (χ3v) is 3.74. The summed E-state index contributed by atoms with van der Waals surface area (Å²) in [6.45, 7) is 4.01. The molecule has 1 aliphatic rings. The van der Waals surface area contributed by atoms with E-state index in [-0.39, 0.29) is 5.91 Å². The van der Waals surface area contributed by atoms with Crippen LogP contribution < -0.4 is 5.32 Å². The molecule has 0 spiro atoms. The summed E-state index contributed by atoms with van der Waals surface area (Å²) in [6.07, 6.45) is 2.25. The van der Waals surface area contributed by atoms with Crippen molar-refractivity contribution < 1.29 is 4.79 Å². The minimum Gasteiger partial charge on any atom is -0.349 e. The largest absolute Gasteiger partial charge is 0.349 e. The summed E-state index contributed by atoms with van der Waals surface area (Å²) in [7, 11) is 0. The lowest BCUT2D eigenvalue weighted by molar-refractivity contribution is 0.0950. The smallest absolute Gasteiger partial charge is 0.251 e. The average molecular weight is 268 g/mol. The van der Waals surface area contributed by atoms with E-state index in [0.29, 0.717) is 6.04 Å². The number of hydrogen-bond donors (Lipinski definition) is 1. The minimum atomic E-state index is 0.0607. The van der Waals surface area contributed by atoms with Gasteiger partial charge in [-0.2, -0.15) is 0 Å². The van der Waals surface area contributed by atoms with Gasteiger partial charge in [0.15, 0.2) is 0 Å². The van der Waals surface area contributed by atoms with E-state index in [0.717, 1.165) is 34.0 Å². The quantitative estimate of drug-likeness (QED) is 0.877. The Kier molecular flexibility index (Phi) is 2.83. The minimum absolute atomic E-state index is 0.0607. The molecule has 1 N–H and O–H groups in total. The van der Waals surface area contributed by atoms with E-state index in [2.05, 4.69) is 21.2 Å². The van der Waals surface area contributed by atoms with Crippen molar-refractivity contribution in [1.82, 2.24) is 5.32 Å². The highest BCUT2D eigenvalue weighted by molar-refractivity contribution is 9.10. The fourth-order valence-corrected chi connectivity index (χ4v) is 1.95. The van der Waals surface area contributed by atoms with Gasteiger partial charge in [0.05, 0.1) is 0 Å². The summed E-state index contributed by atoms with van der Waals surface area (Å²) in [5.41, 5.74) is 2.99. The van der Waals surface area contributed by atoms with Crippen molar-refractivity contribution in [2.24, 2.45) is 0 Å². The van der Waals surface area contributed by atoms with Crippen LogP contribution in [0, 0.1) is 13.8 Å². The lowest BCUT2D eigenvalue weighted by Crippen LogP contribution is -2.26. The molecule has 1 saturated carbocycles. The van der Waals surface area contributed by atoms with E-state index in [1.807, 2.05) is 26.0 Å². The predicted octanol–water partition coefficient (Wildman–Crippen LogP) is 2.96. The number of benzene rings is 1. The summed E-state index contributed by atoms with van der Waals surface area (Å²) in [4.78, 5) is 11.9. The van der Waals surface area contributed by atoms with Crippen molar-refractivity contribution in [2.45, 2.75) is 32.7 Å². The number of halogens is 1. The van der Waals surface area contributed by atoms with Gasteiger partial charge in [-0.3, -0.25) is 4.79 Å². The van der Waals surface area contributed by atoms with E-state index < -0.39 is 0 Å². The van der Waals surface area contributed by atoms with Gasteiger partial charge in [-0.15, -0.1) is 0 Å². The zero-order valence-corrected chi connectivity index (χ0v) is 10.5. The van der Waals surface area contributed by atoms with Crippen LogP contribution in [0.15, 0.2) is 16.6 Å². The third-order valence-electron chi connectivity index (χ3n) is 2.88. The van der Waals surface area contributed by atoms with Crippen molar-refractivity contribution in [3.8, 4) is 0 Å². The average Bonchev–Trinajstić information content (AvgIpc) is 2.98. The fourth-order valence-electron chi connectivity index (χ4n) is 1.52. The molecule has 80 valence electrons. The number of amides is 1. The molecule has 3 heteroatoms. The number of carbonyl (C=O) groups is 1. The van der Waals surface area contributed by atoms with Gasteiger partial charge in [-0.25, -0.2) is 0 Å². The first-order valence-electron chi connectivity index (χ1n) is 5.16. The van der Waals surface area contributed by atoms with Crippen LogP contribution in [0.5, 0.6) is 0 Å². The molecule has 0 atom stereocenters. The summed E-state index contributed by atoms with van der Waals surface area (Å²) in [6, 6.07) is 4.23. The Labute approximate surface area is 98.2 Å². The van der Waals surface area contributed by atoms with E-state index in [4.69, 9.17) is 0 Å². The second kappa shape index (κ2) is 3.97. The molecule has 1 aromatic carbocycles. The first-order valence-corrected chi connectivity index (χ1v) is 5.95. The van der Waals surface area contributed by atoms with E-state index >= 15 is 0 Å². The molecule has 1 amide bonds. The molecular weight excluding hydrogens is 254 g/mol. The molecule has 0 radical (unpaired) electrons. The maximum atomic E-state index is 11.9. The lowest BCUT2D eigenvalue weighted by atomic mass is 10.0. The highest BCUT2D eigenvalue weighted by atomic mass is 79.9. The van der Waals surface area contributed by atoms with Crippen molar-refractivity contribution >= 4 is 21.8 Å². The Morgan fingerprint density at radius 2 is 2.00 bits per heavy atom. The van der Waals surface area contributed by atoms with E-state index in [9.17, 15) is 4.79 Å². The Hall–Kier alpha value is -0.830. The highest BCUT2D eigenvalue weighted by Crippen LogP contribution is 2.24. The van der Waals surface area contributed by atoms with Crippen molar-refractivity contribution in [2.75, 3.05) is 0 Å². The standard InChI is InChI=1S/C12H14BrNO/c1-7-8(2)11(13)6-5-10(7)12(15)14-9-3-4-9/h5-6,9H,3-4H2,1-2H3,(H,14,15). The number of hydrogen-bond acceptors (Lipinski definition) is 1. The molecule has 2 rings (SSSR count). The maximum Gasteiger partial charge on any atom is 0.251 e. The van der Waals surface area contributed by atoms with Crippen LogP contribution in [-0.4, -0.2) is 11.9 Å². The Morgan fingerprint density at radius 3 is 2.60 bits per heavy atom. The van der Waals surface area contributed by atoms with Gasteiger partial charge in [0.1, 0.15) is 0 Å². The summed E-state index contributed by atoms with van der Waals surface area (Å²) in [5.74, 6) is 0.0607. The molecule has 1 aromatic rings. The van der Waals surface area contributed by atoms with E-state index in [1.165, 1.54) is 0 Å². The van der Waals surface area contributed by atoms with Crippen LogP contribution in [0.3, 0.4) is 0 Å². The predicted molar refractivity (Wildman–Crippen MR) is 64.1 cm³/mol. The highest BCUT2D eigenvalue weighted by Gasteiger charge is 2.24. The first kappa shape index (κ1) is 10.7. The van der Waals surface area contributed by atoms with Gasteiger partial charge < -0.3 is 5.32 Å². The summed E-state index contributed by atoms with van der Waals surface area (Å²) < 4.78 is 1.06. The topological polar surface area (TPSA) is 29.1 Å². The molecule has 0 saturated heterocycles. The summed E-state index contributed by atoms with van der Waals surface area (Å²) in [5, 5.41) is 3.00. The van der Waals surface area contributed by atoms with Crippen molar-refractivity contribution in [1.29, 1.82) is 0 Å². The van der Waals surface area contributed by atoms with Crippen LogP contribution in [0.2, 0.25) is 0 Å². The Morgan fingerprint density at radius 1 is 1.33 bits per heavy atom. The van der Waals surface area contributed by atoms with Crippen LogP contribution in [0.4, 0.5) is 0 Å². The zero-order chi connectivity index (χ0) is 11.0. The molecule has 0 bridgehead atoms. The van der Waals surface area contributed by atoms with E-state index in [1.54, 1.807) is 0 Å².